The molecule has 24 heavy (non-hydrogen) atoms. The summed E-state index contributed by atoms with van der Waals surface area (Å²) in [6.45, 7) is 1.95. The summed E-state index contributed by atoms with van der Waals surface area (Å²) < 4.78 is 0. The third-order valence-electron chi connectivity index (χ3n) is 4.82. The number of nitrogens with one attached hydrogen (secondary N) is 2. The third kappa shape index (κ3) is 3.20. The minimum atomic E-state index is 0.139. The van der Waals surface area contributed by atoms with Gasteiger partial charge in [-0.1, -0.05) is 12.8 Å². The molecule has 2 unspecified atom stereocenters. The van der Waals surface area contributed by atoms with Crippen LogP contribution < -0.4 is 10.6 Å². The van der Waals surface area contributed by atoms with Crippen LogP contribution in [-0.2, 0) is 0 Å². The Morgan fingerprint density at radius 1 is 0.667 bits per heavy atom. The molecule has 4 heterocycles. The van der Waals surface area contributed by atoms with Crippen LogP contribution in [0.5, 0.6) is 0 Å². The SMILES string of the molecule is Clc1nc(C2CCCCN2)c2nc(Cl)nc(C3CCCCN3)c2n1. The molecule has 4 rings (SSSR count). The van der Waals surface area contributed by atoms with Gasteiger partial charge in [0.2, 0.25) is 10.6 Å². The maximum atomic E-state index is 6.23. The summed E-state index contributed by atoms with van der Waals surface area (Å²) in [6.07, 6.45) is 6.72. The van der Waals surface area contributed by atoms with Crippen molar-refractivity contribution in [3.63, 3.8) is 0 Å². The van der Waals surface area contributed by atoms with Gasteiger partial charge < -0.3 is 10.6 Å². The molecule has 2 saturated heterocycles. The summed E-state index contributed by atoms with van der Waals surface area (Å²) in [4.78, 5) is 17.9. The second-order valence-electron chi connectivity index (χ2n) is 6.46. The monoisotopic (exact) mass is 366 g/mol. The summed E-state index contributed by atoms with van der Waals surface area (Å²) >= 11 is 12.5. The number of aromatic nitrogens is 4. The third-order valence-corrected chi connectivity index (χ3v) is 5.16. The maximum Gasteiger partial charge on any atom is 0.223 e. The quantitative estimate of drug-likeness (QED) is 0.793. The van der Waals surface area contributed by atoms with Crippen molar-refractivity contribution in [2.45, 2.75) is 50.6 Å². The van der Waals surface area contributed by atoms with Gasteiger partial charge in [0.1, 0.15) is 11.0 Å². The average Bonchev–Trinajstić information content (AvgIpc) is 2.62. The summed E-state index contributed by atoms with van der Waals surface area (Å²) in [5, 5.41) is 7.50. The fourth-order valence-electron chi connectivity index (χ4n) is 3.66. The van der Waals surface area contributed by atoms with Gasteiger partial charge in [-0.2, -0.15) is 0 Å². The first kappa shape index (κ1) is 16.4. The first-order chi connectivity index (χ1) is 11.7. The lowest BCUT2D eigenvalue weighted by Crippen LogP contribution is -2.29. The van der Waals surface area contributed by atoms with Crippen molar-refractivity contribution in [3.8, 4) is 0 Å². The van der Waals surface area contributed by atoms with Crippen molar-refractivity contribution in [1.29, 1.82) is 0 Å². The van der Waals surface area contributed by atoms with E-state index in [9.17, 15) is 0 Å². The first-order valence-corrected chi connectivity index (χ1v) is 9.35. The highest BCUT2D eigenvalue weighted by atomic mass is 35.5. The summed E-state index contributed by atoms with van der Waals surface area (Å²) in [5.41, 5.74) is 3.12. The molecule has 2 aliphatic heterocycles. The van der Waals surface area contributed by atoms with E-state index in [1.165, 1.54) is 12.8 Å². The molecule has 2 aliphatic rings. The molecule has 8 heteroatoms. The largest absolute Gasteiger partial charge is 0.309 e. The van der Waals surface area contributed by atoms with E-state index in [-0.39, 0.29) is 22.7 Å². The van der Waals surface area contributed by atoms with E-state index in [0.717, 1.165) is 61.2 Å². The molecule has 2 aromatic rings. The highest BCUT2D eigenvalue weighted by molar-refractivity contribution is 6.29. The summed E-state index contributed by atoms with van der Waals surface area (Å²) in [7, 11) is 0. The van der Waals surface area contributed by atoms with E-state index in [4.69, 9.17) is 23.2 Å². The molecule has 2 N–H and O–H groups in total. The number of nitrogens with zero attached hydrogens (tertiary/aromatic N) is 4. The number of rotatable bonds is 2. The molecule has 2 fully saturated rings. The molecular weight excluding hydrogens is 347 g/mol. The van der Waals surface area contributed by atoms with E-state index in [2.05, 4.69) is 30.6 Å². The molecular formula is C16H20Cl2N6. The Hall–Kier alpha value is -1.08. The van der Waals surface area contributed by atoms with Crippen molar-refractivity contribution < 1.29 is 0 Å². The van der Waals surface area contributed by atoms with Crippen LogP contribution in [0, 0.1) is 0 Å². The molecule has 0 amide bonds. The maximum absolute atomic E-state index is 6.23. The number of fused-ring (bicyclic) bond motifs is 1. The fraction of sp³-hybridized carbons (Fsp3) is 0.625. The molecule has 0 aliphatic carbocycles. The number of hydrogen-bond donors (Lipinski definition) is 2. The van der Waals surface area contributed by atoms with Gasteiger partial charge in [0.15, 0.2) is 0 Å². The minimum Gasteiger partial charge on any atom is -0.309 e. The van der Waals surface area contributed by atoms with E-state index >= 15 is 0 Å². The number of piperidine rings is 2. The molecule has 0 radical (unpaired) electrons. The highest BCUT2D eigenvalue weighted by Gasteiger charge is 2.26. The molecule has 6 nitrogen and oxygen atoms in total. The Bertz CT molecular complexity index is 678. The Morgan fingerprint density at radius 3 is 1.50 bits per heavy atom. The average molecular weight is 367 g/mol. The van der Waals surface area contributed by atoms with Crippen molar-refractivity contribution in [1.82, 2.24) is 30.6 Å². The molecule has 0 bridgehead atoms. The van der Waals surface area contributed by atoms with Crippen LogP contribution in [0.3, 0.4) is 0 Å². The van der Waals surface area contributed by atoms with Crippen LogP contribution in [-0.4, -0.2) is 33.0 Å². The minimum absolute atomic E-state index is 0.139. The second-order valence-corrected chi connectivity index (χ2v) is 7.13. The topological polar surface area (TPSA) is 75.6 Å². The van der Waals surface area contributed by atoms with Crippen LogP contribution in [0.15, 0.2) is 0 Å². The normalized spacial score (nSPS) is 25.1. The summed E-state index contributed by atoms with van der Waals surface area (Å²) in [5.74, 6) is 0. The Kier molecular flexibility index (Phi) is 4.81. The van der Waals surface area contributed by atoms with Gasteiger partial charge in [0.25, 0.3) is 0 Å². The van der Waals surface area contributed by atoms with Gasteiger partial charge >= 0.3 is 0 Å². The van der Waals surface area contributed by atoms with Crippen LogP contribution >= 0.6 is 23.2 Å². The van der Waals surface area contributed by atoms with Crippen molar-refractivity contribution in [3.05, 3.63) is 22.0 Å². The van der Waals surface area contributed by atoms with E-state index in [1.807, 2.05) is 0 Å². The standard InChI is InChI=1S/C16H20Cl2N6/c17-15-21-11(9-5-1-3-7-19-9)13-14(24-15)12(22-16(18)23-13)10-6-2-4-8-20-10/h9-10,19-20H,1-8H2. The van der Waals surface area contributed by atoms with Crippen LogP contribution in [0.4, 0.5) is 0 Å². The predicted molar refractivity (Wildman–Crippen MR) is 94.3 cm³/mol. The van der Waals surface area contributed by atoms with Crippen molar-refractivity contribution >= 4 is 34.2 Å². The van der Waals surface area contributed by atoms with E-state index in [1.54, 1.807) is 0 Å². The Morgan fingerprint density at radius 2 is 1.12 bits per heavy atom. The summed E-state index contributed by atoms with van der Waals surface area (Å²) in [6, 6.07) is 0.278. The van der Waals surface area contributed by atoms with Crippen LogP contribution in [0.1, 0.15) is 62.0 Å². The molecule has 0 aromatic carbocycles. The van der Waals surface area contributed by atoms with Gasteiger partial charge in [-0.15, -0.1) is 0 Å². The highest BCUT2D eigenvalue weighted by Crippen LogP contribution is 2.32. The second kappa shape index (κ2) is 7.04. The van der Waals surface area contributed by atoms with Gasteiger partial charge in [-0.25, -0.2) is 19.9 Å². The smallest absolute Gasteiger partial charge is 0.223 e. The van der Waals surface area contributed by atoms with Crippen LogP contribution in [0.2, 0.25) is 10.6 Å². The van der Waals surface area contributed by atoms with Crippen molar-refractivity contribution in [2.24, 2.45) is 0 Å². The predicted octanol–water partition coefficient (Wildman–Crippen LogP) is 3.36. The lowest BCUT2D eigenvalue weighted by molar-refractivity contribution is 0.404. The lowest BCUT2D eigenvalue weighted by atomic mass is 9.98. The Balaban J connectivity index is 1.86. The zero-order chi connectivity index (χ0) is 16.5. The van der Waals surface area contributed by atoms with Gasteiger partial charge in [0, 0.05) is 0 Å². The molecule has 0 saturated carbocycles. The fourth-order valence-corrected chi connectivity index (χ4v) is 4.01. The van der Waals surface area contributed by atoms with E-state index < -0.39 is 0 Å². The van der Waals surface area contributed by atoms with E-state index in [0.29, 0.717) is 0 Å². The van der Waals surface area contributed by atoms with Gasteiger partial charge in [-0.3, -0.25) is 0 Å². The molecule has 2 atom stereocenters. The number of hydrogen-bond acceptors (Lipinski definition) is 6. The zero-order valence-corrected chi connectivity index (χ0v) is 14.9. The molecule has 2 aromatic heterocycles. The Labute approximate surface area is 150 Å². The van der Waals surface area contributed by atoms with Crippen LogP contribution in [0.25, 0.3) is 11.0 Å². The molecule has 0 spiro atoms. The number of halogens is 2. The van der Waals surface area contributed by atoms with Gasteiger partial charge in [0.05, 0.1) is 23.5 Å². The van der Waals surface area contributed by atoms with Crippen molar-refractivity contribution in [2.75, 3.05) is 13.1 Å². The molecule has 128 valence electrons. The lowest BCUT2D eigenvalue weighted by Gasteiger charge is -2.26. The zero-order valence-electron chi connectivity index (χ0n) is 13.4. The van der Waals surface area contributed by atoms with Gasteiger partial charge in [-0.05, 0) is 62.0 Å². The first-order valence-electron chi connectivity index (χ1n) is 8.60.